The minimum absolute atomic E-state index is 0.0520. The normalized spacial score (nSPS) is 14.8. The van der Waals surface area contributed by atoms with Crippen LogP contribution in [0.3, 0.4) is 0 Å². The maximum atomic E-state index is 13.0. The van der Waals surface area contributed by atoms with Crippen molar-refractivity contribution in [2.45, 2.75) is 36.0 Å². The SMILES string of the molecule is Cc1ccc(S(=O)(=O)N2CCCCC2)cc1NC(=O)c1ccc(S(=O)(=O)N(C)c2ccccc2)cc1. The summed E-state index contributed by atoms with van der Waals surface area (Å²) in [5, 5.41) is 2.77. The zero-order valence-corrected chi connectivity index (χ0v) is 21.8. The Kier molecular flexibility index (Phi) is 7.49. The fraction of sp³-hybridized carbons (Fsp3) is 0.269. The molecular formula is C26H29N3O5S2. The lowest BCUT2D eigenvalue weighted by atomic mass is 10.1. The van der Waals surface area contributed by atoms with E-state index in [1.807, 2.05) is 0 Å². The molecule has 0 radical (unpaired) electrons. The number of sulfonamides is 2. The maximum Gasteiger partial charge on any atom is 0.264 e. The molecule has 36 heavy (non-hydrogen) atoms. The van der Waals surface area contributed by atoms with Crippen LogP contribution in [-0.2, 0) is 20.0 Å². The summed E-state index contributed by atoms with van der Waals surface area (Å²) in [4.78, 5) is 13.1. The second-order valence-corrected chi connectivity index (χ2v) is 12.6. The summed E-state index contributed by atoms with van der Waals surface area (Å²) in [7, 11) is -5.98. The number of carbonyl (C=O) groups excluding carboxylic acids is 1. The topological polar surface area (TPSA) is 104 Å². The van der Waals surface area contributed by atoms with Crippen molar-refractivity contribution in [3.8, 4) is 0 Å². The number of aryl methyl sites for hydroxylation is 1. The fourth-order valence-corrected chi connectivity index (χ4v) is 6.80. The molecule has 190 valence electrons. The van der Waals surface area contributed by atoms with Crippen molar-refractivity contribution in [3.63, 3.8) is 0 Å². The predicted molar refractivity (Wildman–Crippen MR) is 140 cm³/mol. The number of anilines is 2. The molecule has 1 fully saturated rings. The van der Waals surface area contributed by atoms with Crippen LogP contribution in [0.25, 0.3) is 0 Å². The standard InChI is InChI=1S/C26H29N3O5S2/c1-20-11-14-24(36(33,34)29-17-7-4-8-18-29)19-25(20)27-26(30)21-12-15-23(16-13-21)35(31,32)28(2)22-9-5-3-6-10-22/h3,5-6,9-16,19H,4,7-8,17-18H2,1-2H3,(H,27,30). The van der Waals surface area contributed by atoms with Crippen LogP contribution in [0.4, 0.5) is 11.4 Å². The Morgan fingerprint density at radius 2 is 1.44 bits per heavy atom. The van der Waals surface area contributed by atoms with E-state index in [2.05, 4.69) is 5.32 Å². The van der Waals surface area contributed by atoms with Gasteiger partial charge in [0.1, 0.15) is 0 Å². The molecule has 0 unspecified atom stereocenters. The van der Waals surface area contributed by atoms with Crippen molar-refractivity contribution < 1.29 is 21.6 Å². The van der Waals surface area contributed by atoms with Crippen LogP contribution in [0.5, 0.6) is 0 Å². The van der Waals surface area contributed by atoms with Gasteiger partial charge >= 0.3 is 0 Å². The second-order valence-electron chi connectivity index (χ2n) is 8.73. The van der Waals surface area contributed by atoms with Crippen molar-refractivity contribution in [1.82, 2.24) is 4.31 Å². The first-order valence-electron chi connectivity index (χ1n) is 11.7. The third-order valence-corrected chi connectivity index (χ3v) is 10.00. The number of hydrogen-bond donors (Lipinski definition) is 1. The largest absolute Gasteiger partial charge is 0.322 e. The lowest BCUT2D eigenvalue weighted by Crippen LogP contribution is -2.35. The van der Waals surface area contributed by atoms with Gasteiger partial charge in [0, 0.05) is 31.4 Å². The summed E-state index contributed by atoms with van der Waals surface area (Å²) in [6, 6.07) is 19.0. The number of nitrogens with one attached hydrogen (secondary N) is 1. The van der Waals surface area contributed by atoms with Gasteiger partial charge in [-0.1, -0.05) is 30.7 Å². The first-order chi connectivity index (χ1) is 17.1. The summed E-state index contributed by atoms with van der Waals surface area (Å²) in [5.74, 6) is -0.467. The van der Waals surface area contributed by atoms with E-state index < -0.39 is 26.0 Å². The van der Waals surface area contributed by atoms with E-state index in [1.54, 1.807) is 49.4 Å². The average Bonchev–Trinajstić information content (AvgIpc) is 2.90. The molecule has 4 rings (SSSR count). The van der Waals surface area contributed by atoms with E-state index >= 15 is 0 Å². The van der Waals surface area contributed by atoms with Crippen LogP contribution in [0.15, 0.2) is 82.6 Å². The smallest absolute Gasteiger partial charge is 0.264 e. The van der Waals surface area contributed by atoms with Crippen LogP contribution >= 0.6 is 0 Å². The third kappa shape index (κ3) is 5.30. The Bertz CT molecular complexity index is 1450. The van der Waals surface area contributed by atoms with Gasteiger partial charge in [-0.15, -0.1) is 0 Å². The highest BCUT2D eigenvalue weighted by atomic mass is 32.2. The summed E-state index contributed by atoms with van der Waals surface area (Å²) in [6.07, 6.45) is 2.69. The van der Waals surface area contributed by atoms with E-state index in [4.69, 9.17) is 0 Å². The van der Waals surface area contributed by atoms with Crippen LogP contribution < -0.4 is 9.62 Å². The van der Waals surface area contributed by atoms with Crippen molar-refractivity contribution in [1.29, 1.82) is 0 Å². The van der Waals surface area contributed by atoms with Gasteiger partial charge in [0.05, 0.1) is 15.5 Å². The molecule has 1 saturated heterocycles. The van der Waals surface area contributed by atoms with Gasteiger partial charge in [-0.25, -0.2) is 16.8 Å². The van der Waals surface area contributed by atoms with E-state index in [9.17, 15) is 21.6 Å². The number of para-hydroxylation sites is 1. The van der Waals surface area contributed by atoms with Crippen LogP contribution in [0.2, 0.25) is 0 Å². The molecule has 10 heteroatoms. The van der Waals surface area contributed by atoms with Gasteiger partial charge in [0.25, 0.3) is 15.9 Å². The number of amides is 1. The highest BCUT2D eigenvalue weighted by Gasteiger charge is 2.27. The Labute approximate surface area is 212 Å². The lowest BCUT2D eigenvalue weighted by molar-refractivity contribution is 0.102. The predicted octanol–water partition coefficient (Wildman–Crippen LogP) is 4.25. The minimum atomic E-state index is -3.80. The van der Waals surface area contributed by atoms with Crippen LogP contribution in [0, 0.1) is 6.92 Å². The van der Waals surface area contributed by atoms with Crippen molar-refractivity contribution in [2.24, 2.45) is 0 Å². The zero-order valence-electron chi connectivity index (χ0n) is 20.2. The molecule has 1 aliphatic rings. The lowest BCUT2D eigenvalue weighted by Gasteiger charge is -2.26. The molecule has 1 N–H and O–H groups in total. The molecule has 3 aromatic carbocycles. The third-order valence-electron chi connectivity index (χ3n) is 6.30. The molecule has 0 spiro atoms. The average molecular weight is 528 g/mol. The fourth-order valence-electron chi connectivity index (χ4n) is 4.06. The zero-order chi connectivity index (χ0) is 25.9. The monoisotopic (exact) mass is 527 g/mol. The van der Waals surface area contributed by atoms with Crippen LogP contribution in [0.1, 0.15) is 35.2 Å². The summed E-state index contributed by atoms with van der Waals surface area (Å²) >= 11 is 0. The van der Waals surface area contributed by atoms with Crippen molar-refractivity contribution >= 4 is 37.3 Å². The molecule has 3 aromatic rings. The molecule has 0 aromatic heterocycles. The number of benzene rings is 3. The van der Waals surface area contributed by atoms with Gasteiger partial charge in [-0.05, 0) is 73.9 Å². The van der Waals surface area contributed by atoms with Gasteiger partial charge in [-0.2, -0.15) is 4.31 Å². The molecule has 0 saturated carbocycles. The first kappa shape index (κ1) is 25.9. The number of nitrogens with zero attached hydrogens (tertiary/aromatic N) is 2. The second kappa shape index (κ2) is 10.4. The minimum Gasteiger partial charge on any atom is -0.322 e. The molecule has 0 bridgehead atoms. The first-order valence-corrected chi connectivity index (χ1v) is 14.5. The van der Waals surface area contributed by atoms with Gasteiger partial charge in [0.2, 0.25) is 10.0 Å². The highest BCUT2D eigenvalue weighted by Crippen LogP contribution is 2.26. The highest BCUT2D eigenvalue weighted by molar-refractivity contribution is 7.92. The van der Waals surface area contributed by atoms with Gasteiger partial charge in [-0.3, -0.25) is 9.10 Å². The van der Waals surface area contributed by atoms with Crippen molar-refractivity contribution in [3.05, 3.63) is 83.9 Å². The molecule has 0 atom stereocenters. The summed E-state index contributed by atoms with van der Waals surface area (Å²) in [6.45, 7) is 2.77. The molecule has 0 aliphatic carbocycles. The molecule has 1 aliphatic heterocycles. The van der Waals surface area contributed by atoms with Gasteiger partial charge in [0.15, 0.2) is 0 Å². The molecular weight excluding hydrogens is 498 g/mol. The van der Waals surface area contributed by atoms with Crippen LogP contribution in [-0.4, -0.2) is 47.2 Å². The van der Waals surface area contributed by atoms with E-state index in [1.165, 1.54) is 46.0 Å². The van der Waals surface area contributed by atoms with E-state index in [0.29, 0.717) is 30.0 Å². The Morgan fingerprint density at radius 3 is 2.08 bits per heavy atom. The number of carbonyl (C=O) groups is 1. The quantitative estimate of drug-likeness (QED) is 0.495. The Hall–Kier alpha value is -3.21. The number of hydrogen-bond acceptors (Lipinski definition) is 5. The maximum absolute atomic E-state index is 13.0. The molecule has 8 nitrogen and oxygen atoms in total. The number of rotatable bonds is 7. The van der Waals surface area contributed by atoms with Crippen molar-refractivity contribution in [2.75, 3.05) is 29.8 Å². The Morgan fingerprint density at radius 1 is 0.833 bits per heavy atom. The Balaban J connectivity index is 1.52. The molecule has 1 amide bonds. The molecule has 1 heterocycles. The van der Waals surface area contributed by atoms with E-state index in [0.717, 1.165) is 19.3 Å². The van der Waals surface area contributed by atoms with E-state index in [-0.39, 0.29) is 15.4 Å². The number of piperidine rings is 1. The summed E-state index contributed by atoms with van der Waals surface area (Å²) < 4.78 is 54.7. The summed E-state index contributed by atoms with van der Waals surface area (Å²) in [5.41, 5.74) is 1.87. The van der Waals surface area contributed by atoms with Gasteiger partial charge < -0.3 is 5.32 Å².